The minimum Gasteiger partial charge on any atom is -0.452 e. The summed E-state index contributed by atoms with van der Waals surface area (Å²) in [4.78, 5) is 33.3. The summed E-state index contributed by atoms with van der Waals surface area (Å²) in [6.07, 6.45) is 0. The second kappa shape index (κ2) is 8.06. The molecule has 0 aliphatic heterocycles. The Balaban J connectivity index is 1.45. The molecule has 0 unspecified atom stereocenters. The smallest absolute Gasteiger partial charge is 0.339 e. The van der Waals surface area contributed by atoms with Gasteiger partial charge in [0.25, 0.3) is 5.91 Å². The molecule has 2 N–H and O–H groups in total. The zero-order valence-corrected chi connectivity index (χ0v) is 15.7. The Kier molecular flexibility index (Phi) is 5.16. The van der Waals surface area contributed by atoms with Gasteiger partial charge >= 0.3 is 5.97 Å². The third-order valence-corrected chi connectivity index (χ3v) is 5.04. The molecule has 28 heavy (non-hydrogen) atoms. The molecule has 6 nitrogen and oxygen atoms in total. The van der Waals surface area contributed by atoms with E-state index in [1.54, 1.807) is 29.5 Å². The number of aromatic nitrogens is 2. The maximum Gasteiger partial charge on any atom is 0.339 e. The second-order valence-electron chi connectivity index (χ2n) is 6.08. The number of fused-ring (bicyclic) bond motifs is 1. The van der Waals surface area contributed by atoms with Gasteiger partial charge in [0.2, 0.25) is 0 Å². The maximum absolute atomic E-state index is 12.5. The van der Waals surface area contributed by atoms with Gasteiger partial charge in [0.1, 0.15) is 5.82 Å². The number of hydrogen-bond donors (Lipinski definition) is 2. The molecule has 4 aromatic rings. The predicted octanol–water partition coefficient (Wildman–Crippen LogP) is 3.76. The van der Waals surface area contributed by atoms with Gasteiger partial charge in [0.15, 0.2) is 6.61 Å². The molecule has 0 spiro atoms. The van der Waals surface area contributed by atoms with E-state index in [4.69, 9.17) is 4.74 Å². The molecule has 2 aromatic heterocycles. The number of rotatable bonds is 6. The largest absolute Gasteiger partial charge is 0.452 e. The summed E-state index contributed by atoms with van der Waals surface area (Å²) in [5.41, 5.74) is 2.68. The molecule has 0 bridgehead atoms. The molecule has 0 saturated carbocycles. The summed E-state index contributed by atoms with van der Waals surface area (Å²) in [6, 6.07) is 18.5. The Bertz CT molecular complexity index is 1090. The van der Waals surface area contributed by atoms with Gasteiger partial charge in [0.05, 0.1) is 23.1 Å². The van der Waals surface area contributed by atoms with Crippen LogP contribution in [0.3, 0.4) is 0 Å². The molecule has 0 radical (unpaired) electrons. The second-order valence-corrected chi connectivity index (χ2v) is 7.11. The lowest BCUT2D eigenvalue weighted by Crippen LogP contribution is -2.28. The van der Waals surface area contributed by atoms with E-state index in [0.29, 0.717) is 23.5 Å². The predicted molar refractivity (Wildman–Crippen MR) is 108 cm³/mol. The third kappa shape index (κ3) is 3.94. The van der Waals surface area contributed by atoms with Crippen molar-refractivity contribution < 1.29 is 14.3 Å². The average molecular weight is 391 g/mol. The van der Waals surface area contributed by atoms with E-state index in [-0.39, 0.29) is 12.5 Å². The summed E-state index contributed by atoms with van der Waals surface area (Å²) in [6.45, 7) is 0.0856. The molecule has 0 aliphatic rings. The first-order valence-electron chi connectivity index (χ1n) is 8.71. The summed E-state index contributed by atoms with van der Waals surface area (Å²) in [5, 5.41) is 4.67. The molecule has 7 heteroatoms. The van der Waals surface area contributed by atoms with E-state index in [2.05, 4.69) is 15.3 Å². The molecule has 140 valence electrons. The van der Waals surface area contributed by atoms with Crippen LogP contribution in [-0.4, -0.2) is 28.5 Å². The zero-order valence-electron chi connectivity index (χ0n) is 14.8. The van der Waals surface area contributed by atoms with E-state index in [1.807, 2.05) is 47.8 Å². The Morgan fingerprint density at radius 3 is 2.68 bits per heavy atom. The number of carbonyl (C=O) groups excluding carboxylic acids is 2. The number of nitrogens with one attached hydrogen (secondary N) is 2. The van der Waals surface area contributed by atoms with Crippen LogP contribution in [0.1, 0.15) is 15.2 Å². The van der Waals surface area contributed by atoms with Crippen molar-refractivity contribution >= 4 is 34.2 Å². The van der Waals surface area contributed by atoms with E-state index in [0.717, 1.165) is 15.9 Å². The summed E-state index contributed by atoms with van der Waals surface area (Å²) in [5.74, 6) is -0.332. The van der Waals surface area contributed by atoms with Gasteiger partial charge in [0, 0.05) is 10.4 Å². The molecule has 2 heterocycles. The number of imidazole rings is 1. The number of ether oxygens (including phenoxy) is 1. The van der Waals surface area contributed by atoms with Gasteiger partial charge in [-0.25, -0.2) is 9.78 Å². The molecule has 0 fully saturated rings. The normalized spacial score (nSPS) is 10.7. The van der Waals surface area contributed by atoms with Crippen molar-refractivity contribution in [2.24, 2.45) is 0 Å². The number of thiophene rings is 1. The minimum absolute atomic E-state index is 0.335. The van der Waals surface area contributed by atoms with Crippen LogP contribution < -0.4 is 5.32 Å². The fourth-order valence-corrected chi connectivity index (χ4v) is 3.45. The quantitative estimate of drug-likeness (QED) is 0.490. The van der Waals surface area contributed by atoms with Gasteiger partial charge in [-0.2, -0.15) is 0 Å². The number of amides is 1. The van der Waals surface area contributed by atoms with Crippen LogP contribution in [0.25, 0.3) is 22.4 Å². The number of carbonyl (C=O) groups is 2. The standard InChI is InChI=1S/C21H17N3O3S/c25-19(22-12-14-6-5-11-28-14)13-27-21(26)16-8-2-1-7-15(16)20-23-17-9-3-4-10-18(17)24-20/h1-11H,12-13H2,(H,22,25)(H,23,24). The van der Waals surface area contributed by atoms with Crippen LogP contribution in [0.4, 0.5) is 0 Å². The number of nitrogens with zero attached hydrogens (tertiary/aromatic N) is 1. The highest BCUT2D eigenvalue weighted by atomic mass is 32.1. The van der Waals surface area contributed by atoms with Crippen molar-refractivity contribution in [2.45, 2.75) is 6.54 Å². The first kappa shape index (κ1) is 17.9. The fraction of sp³-hybridized carbons (Fsp3) is 0.0952. The van der Waals surface area contributed by atoms with Crippen LogP contribution in [0.2, 0.25) is 0 Å². The molecule has 0 atom stereocenters. The number of para-hydroxylation sites is 2. The molecular weight excluding hydrogens is 374 g/mol. The van der Waals surface area contributed by atoms with Crippen LogP contribution >= 0.6 is 11.3 Å². The van der Waals surface area contributed by atoms with Crippen LogP contribution in [-0.2, 0) is 16.1 Å². The van der Waals surface area contributed by atoms with E-state index in [1.165, 1.54) is 0 Å². The minimum atomic E-state index is -0.567. The lowest BCUT2D eigenvalue weighted by atomic mass is 10.1. The van der Waals surface area contributed by atoms with E-state index >= 15 is 0 Å². The average Bonchev–Trinajstić information content (AvgIpc) is 3.40. The Morgan fingerprint density at radius 1 is 1.04 bits per heavy atom. The molecular formula is C21H17N3O3S. The van der Waals surface area contributed by atoms with Gasteiger partial charge < -0.3 is 15.0 Å². The van der Waals surface area contributed by atoms with E-state index in [9.17, 15) is 9.59 Å². The molecule has 0 aliphatic carbocycles. The molecule has 4 rings (SSSR count). The Labute approximate surface area is 165 Å². The summed E-state index contributed by atoms with van der Waals surface area (Å²) >= 11 is 1.55. The first-order valence-corrected chi connectivity index (χ1v) is 9.59. The van der Waals surface area contributed by atoms with Crippen molar-refractivity contribution in [2.75, 3.05) is 6.61 Å². The first-order chi connectivity index (χ1) is 13.7. The summed E-state index contributed by atoms with van der Waals surface area (Å²) < 4.78 is 5.21. The fourth-order valence-electron chi connectivity index (χ4n) is 2.81. The number of benzene rings is 2. The lowest BCUT2D eigenvalue weighted by molar-refractivity contribution is -0.124. The van der Waals surface area contributed by atoms with Gasteiger partial charge in [-0.05, 0) is 29.6 Å². The number of H-pyrrole nitrogens is 1. The topological polar surface area (TPSA) is 84.1 Å². The Hall–Kier alpha value is -3.45. The van der Waals surface area contributed by atoms with Crippen molar-refractivity contribution in [1.29, 1.82) is 0 Å². The number of hydrogen-bond acceptors (Lipinski definition) is 5. The lowest BCUT2D eigenvalue weighted by Gasteiger charge is -2.08. The van der Waals surface area contributed by atoms with Crippen LogP contribution in [0, 0.1) is 0 Å². The van der Waals surface area contributed by atoms with Crippen molar-refractivity contribution in [3.05, 3.63) is 76.5 Å². The third-order valence-electron chi connectivity index (χ3n) is 4.17. The van der Waals surface area contributed by atoms with Crippen LogP contribution in [0.15, 0.2) is 66.0 Å². The Morgan fingerprint density at radius 2 is 1.86 bits per heavy atom. The van der Waals surface area contributed by atoms with Crippen molar-refractivity contribution in [3.8, 4) is 11.4 Å². The molecule has 1 amide bonds. The van der Waals surface area contributed by atoms with Crippen molar-refractivity contribution in [3.63, 3.8) is 0 Å². The number of esters is 1. The van der Waals surface area contributed by atoms with Gasteiger partial charge in [-0.15, -0.1) is 11.3 Å². The SMILES string of the molecule is O=C(COC(=O)c1ccccc1-c1nc2ccccc2[nH]1)NCc1cccs1. The molecule has 2 aromatic carbocycles. The summed E-state index contributed by atoms with van der Waals surface area (Å²) in [7, 11) is 0. The monoisotopic (exact) mass is 391 g/mol. The van der Waals surface area contributed by atoms with Crippen molar-refractivity contribution in [1.82, 2.24) is 15.3 Å². The number of aromatic amines is 1. The highest BCUT2D eigenvalue weighted by molar-refractivity contribution is 7.09. The van der Waals surface area contributed by atoms with E-state index < -0.39 is 5.97 Å². The zero-order chi connectivity index (χ0) is 19.3. The highest BCUT2D eigenvalue weighted by Crippen LogP contribution is 2.24. The van der Waals surface area contributed by atoms with Crippen LogP contribution in [0.5, 0.6) is 0 Å². The molecule has 0 saturated heterocycles. The van der Waals surface area contributed by atoms with Gasteiger partial charge in [-0.1, -0.05) is 36.4 Å². The highest BCUT2D eigenvalue weighted by Gasteiger charge is 2.17. The maximum atomic E-state index is 12.5. The van der Waals surface area contributed by atoms with Gasteiger partial charge in [-0.3, -0.25) is 4.79 Å².